The average molecular weight is 396 g/mol. The molecule has 1 saturated heterocycles. The number of piperazine rings is 1. The predicted molar refractivity (Wildman–Crippen MR) is 105 cm³/mol. The Bertz CT molecular complexity index is 1020. The fourth-order valence-corrected chi connectivity index (χ4v) is 3.13. The molecule has 9 heteroatoms. The summed E-state index contributed by atoms with van der Waals surface area (Å²) in [6.07, 6.45) is 3.04. The largest absolute Gasteiger partial charge is 0.339 e. The van der Waals surface area contributed by atoms with Crippen molar-refractivity contribution >= 4 is 23.1 Å². The van der Waals surface area contributed by atoms with Gasteiger partial charge in [0, 0.05) is 13.1 Å². The Hall–Kier alpha value is -3.46. The van der Waals surface area contributed by atoms with Crippen molar-refractivity contribution in [2.45, 2.75) is 0 Å². The molecule has 1 aliphatic heterocycles. The zero-order valence-electron chi connectivity index (χ0n) is 15.6. The molecule has 1 aliphatic rings. The number of rotatable bonds is 4. The molecule has 0 unspecified atom stereocenters. The number of aromatic nitrogens is 3. The Morgan fingerprint density at radius 1 is 1.07 bits per heavy atom. The van der Waals surface area contributed by atoms with E-state index in [1.165, 1.54) is 30.5 Å². The third-order valence-corrected chi connectivity index (χ3v) is 4.62. The zero-order valence-corrected chi connectivity index (χ0v) is 15.6. The van der Waals surface area contributed by atoms with Gasteiger partial charge in [-0.2, -0.15) is 10.2 Å². The third kappa shape index (κ3) is 4.04. The molecule has 0 saturated carbocycles. The summed E-state index contributed by atoms with van der Waals surface area (Å²) < 4.78 is 28.0. The summed E-state index contributed by atoms with van der Waals surface area (Å²) in [6, 6.07) is 8.64. The summed E-state index contributed by atoms with van der Waals surface area (Å²) in [7, 11) is 1.91. The molecule has 3 heterocycles. The summed E-state index contributed by atoms with van der Waals surface area (Å²) in [5, 5.41) is 10.7. The highest BCUT2D eigenvalue weighted by atomic mass is 19.1. The molecule has 0 radical (unpaired) electrons. The molecule has 1 aromatic carbocycles. The molecule has 7 nitrogen and oxygen atoms in total. The number of nitrogens with one attached hydrogen (secondary N) is 1. The van der Waals surface area contributed by atoms with Gasteiger partial charge in [-0.1, -0.05) is 6.07 Å². The van der Waals surface area contributed by atoms with Gasteiger partial charge in [-0.25, -0.2) is 13.8 Å². The van der Waals surface area contributed by atoms with E-state index in [0.717, 1.165) is 12.2 Å². The summed E-state index contributed by atoms with van der Waals surface area (Å²) in [4.78, 5) is 20.2. The number of hydrogen-bond donors (Lipinski definition) is 1. The molecule has 2 aromatic heterocycles. The van der Waals surface area contributed by atoms with Crippen LogP contribution in [0.2, 0.25) is 0 Å². The Balaban J connectivity index is 1.52. The second-order valence-electron chi connectivity index (χ2n) is 6.74. The van der Waals surface area contributed by atoms with E-state index in [1.807, 2.05) is 11.9 Å². The van der Waals surface area contributed by atoms with Crippen molar-refractivity contribution < 1.29 is 13.6 Å². The van der Waals surface area contributed by atoms with Gasteiger partial charge >= 0.3 is 0 Å². The highest BCUT2D eigenvalue weighted by Crippen LogP contribution is 2.26. The number of pyridine rings is 1. The second-order valence-corrected chi connectivity index (χ2v) is 6.74. The van der Waals surface area contributed by atoms with Gasteiger partial charge in [0.15, 0.2) is 0 Å². The van der Waals surface area contributed by atoms with Gasteiger partial charge in [-0.05, 0) is 37.4 Å². The van der Waals surface area contributed by atoms with Crippen LogP contribution in [0.1, 0.15) is 0 Å². The van der Waals surface area contributed by atoms with Crippen molar-refractivity contribution in [2.24, 2.45) is 0 Å². The van der Waals surface area contributed by atoms with Crippen LogP contribution in [-0.4, -0.2) is 52.7 Å². The zero-order chi connectivity index (χ0) is 20.4. The SMILES string of the molecule is CN1CCN(c2ccc(Nc3cnnc(-c4c(F)cccc4F)c3)nc2)C(=O)C1. The number of carbonyl (C=O) groups is 1. The van der Waals surface area contributed by atoms with Crippen molar-refractivity contribution in [1.82, 2.24) is 20.1 Å². The maximum absolute atomic E-state index is 14.0. The first-order valence-corrected chi connectivity index (χ1v) is 9.00. The number of amides is 1. The van der Waals surface area contributed by atoms with Crippen molar-refractivity contribution in [2.75, 3.05) is 36.9 Å². The van der Waals surface area contributed by atoms with Crippen LogP contribution in [0.3, 0.4) is 0 Å². The van der Waals surface area contributed by atoms with Crippen molar-refractivity contribution in [3.63, 3.8) is 0 Å². The fourth-order valence-electron chi connectivity index (χ4n) is 3.13. The molecular formula is C20H18F2N6O. The van der Waals surface area contributed by atoms with E-state index in [0.29, 0.717) is 24.6 Å². The van der Waals surface area contributed by atoms with Crippen LogP contribution in [0.4, 0.5) is 26.0 Å². The minimum Gasteiger partial charge on any atom is -0.339 e. The first kappa shape index (κ1) is 18.9. The minimum absolute atomic E-state index is 0.0242. The Labute approximate surface area is 166 Å². The van der Waals surface area contributed by atoms with Gasteiger partial charge in [0.1, 0.15) is 23.1 Å². The summed E-state index contributed by atoms with van der Waals surface area (Å²) >= 11 is 0. The molecule has 29 heavy (non-hydrogen) atoms. The number of carbonyl (C=O) groups excluding carboxylic acids is 1. The molecule has 0 atom stereocenters. The molecule has 0 bridgehead atoms. The van der Waals surface area contributed by atoms with Gasteiger partial charge in [0.05, 0.1) is 35.9 Å². The minimum atomic E-state index is -0.712. The molecule has 1 amide bonds. The number of hydrogen-bond acceptors (Lipinski definition) is 6. The number of anilines is 3. The van der Waals surface area contributed by atoms with Crippen molar-refractivity contribution in [1.29, 1.82) is 0 Å². The van der Waals surface area contributed by atoms with Gasteiger partial charge < -0.3 is 10.2 Å². The first-order valence-electron chi connectivity index (χ1n) is 9.00. The first-order chi connectivity index (χ1) is 14.0. The number of benzene rings is 1. The van der Waals surface area contributed by atoms with Crippen LogP contribution in [0.25, 0.3) is 11.3 Å². The molecule has 0 spiro atoms. The third-order valence-electron chi connectivity index (χ3n) is 4.62. The lowest BCUT2D eigenvalue weighted by Crippen LogP contribution is -2.48. The highest BCUT2D eigenvalue weighted by Gasteiger charge is 2.23. The molecule has 4 rings (SSSR count). The van der Waals surface area contributed by atoms with Crippen LogP contribution < -0.4 is 10.2 Å². The number of halogens is 2. The van der Waals surface area contributed by atoms with E-state index in [-0.39, 0.29) is 17.2 Å². The van der Waals surface area contributed by atoms with E-state index in [1.54, 1.807) is 23.2 Å². The summed E-state index contributed by atoms with van der Waals surface area (Å²) in [5.41, 5.74) is 1.04. The van der Waals surface area contributed by atoms with Crippen LogP contribution in [0.5, 0.6) is 0 Å². The molecule has 0 aliphatic carbocycles. The molecule has 148 valence electrons. The van der Waals surface area contributed by atoms with Gasteiger partial charge in [-0.15, -0.1) is 0 Å². The quantitative estimate of drug-likeness (QED) is 0.731. The number of nitrogens with zero attached hydrogens (tertiary/aromatic N) is 5. The van der Waals surface area contributed by atoms with E-state index in [2.05, 4.69) is 20.5 Å². The topological polar surface area (TPSA) is 74.2 Å². The fraction of sp³-hybridized carbons (Fsp3) is 0.200. The second kappa shape index (κ2) is 7.88. The van der Waals surface area contributed by atoms with Crippen molar-refractivity contribution in [3.05, 3.63) is 60.4 Å². The summed E-state index contributed by atoms with van der Waals surface area (Å²) in [5.74, 6) is -0.897. The predicted octanol–water partition coefficient (Wildman–Crippen LogP) is 2.84. The maximum Gasteiger partial charge on any atom is 0.241 e. The van der Waals surface area contributed by atoms with Crippen LogP contribution in [-0.2, 0) is 4.79 Å². The molecule has 1 N–H and O–H groups in total. The van der Waals surface area contributed by atoms with Gasteiger partial charge in [0.25, 0.3) is 0 Å². The molecule has 3 aromatic rings. The van der Waals surface area contributed by atoms with E-state index >= 15 is 0 Å². The van der Waals surface area contributed by atoms with Crippen molar-refractivity contribution in [3.8, 4) is 11.3 Å². The highest BCUT2D eigenvalue weighted by molar-refractivity contribution is 5.95. The Morgan fingerprint density at radius 2 is 1.86 bits per heavy atom. The lowest BCUT2D eigenvalue weighted by molar-refractivity contribution is -0.120. The molecular weight excluding hydrogens is 378 g/mol. The average Bonchev–Trinajstić information content (AvgIpc) is 2.69. The van der Waals surface area contributed by atoms with E-state index in [9.17, 15) is 13.6 Å². The lowest BCUT2D eigenvalue weighted by Gasteiger charge is -2.31. The monoisotopic (exact) mass is 396 g/mol. The molecule has 1 fully saturated rings. The lowest BCUT2D eigenvalue weighted by atomic mass is 10.1. The van der Waals surface area contributed by atoms with Crippen LogP contribution >= 0.6 is 0 Å². The van der Waals surface area contributed by atoms with E-state index in [4.69, 9.17) is 0 Å². The van der Waals surface area contributed by atoms with Gasteiger partial charge in [-0.3, -0.25) is 9.69 Å². The van der Waals surface area contributed by atoms with Crippen LogP contribution in [0.15, 0.2) is 48.8 Å². The Morgan fingerprint density at radius 3 is 2.55 bits per heavy atom. The summed E-state index contributed by atoms with van der Waals surface area (Å²) in [6.45, 7) is 1.78. The smallest absolute Gasteiger partial charge is 0.241 e. The normalized spacial score (nSPS) is 14.9. The number of likely N-dealkylation sites (N-methyl/N-ethyl adjacent to an activating group) is 1. The Kier molecular flexibility index (Phi) is 5.13. The maximum atomic E-state index is 14.0. The standard InChI is InChI=1S/C20H18F2N6O/c1-27-7-8-28(19(29)12-27)14-5-6-18(23-11-14)25-13-9-17(26-24-10-13)20-15(21)3-2-4-16(20)22/h2-6,9-11H,7-8,12H2,1H3,(H,23,25,26). The van der Waals surface area contributed by atoms with Gasteiger partial charge in [0.2, 0.25) is 5.91 Å². The van der Waals surface area contributed by atoms with Crippen LogP contribution in [0, 0.1) is 11.6 Å². The van der Waals surface area contributed by atoms with E-state index < -0.39 is 11.6 Å².